The van der Waals surface area contributed by atoms with E-state index in [2.05, 4.69) is 32.3 Å². The Kier molecular flexibility index (Phi) is 5.70. The lowest BCUT2D eigenvalue weighted by Gasteiger charge is -2.20. The van der Waals surface area contributed by atoms with Gasteiger partial charge in [0, 0.05) is 42.8 Å². The highest BCUT2D eigenvalue weighted by Gasteiger charge is 2.18. The molecule has 3 aromatic rings. The van der Waals surface area contributed by atoms with Crippen molar-refractivity contribution in [3.63, 3.8) is 0 Å². The van der Waals surface area contributed by atoms with E-state index in [1.807, 2.05) is 49.4 Å². The van der Waals surface area contributed by atoms with Crippen LogP contribution in [0.15, 0.2) is 67.0 Å². The van der Waals surface area contributed by atoms with Crippen molar-refractivity contribution in [1.82, 2.24) is 9.97 Å². The van der Waals surface area contributed by atoms with Crippen LogP contribution in [-0.4, -0.2) is 35.5 Å². The standard InChI is InChI=1S/C23H25N5O/c1-2-28(20-8-4-3-5-9-20)23(29)21-16-22(25-17-24-21)26-18-10-12-19(13-11-18)27-14-6-7-15-27/h3-5,8-13,16-17H,2,6-7,14-15H2,1H3,(H,24,25,26). The molecule has 1 aliphatic rings. The molecule has 0 unspecified atom stereocenters. The Labute approximate surface area is 171 Å². The number of nitrogens with zero attached hydrogens (tertiary/aromatic N) is 4. The number of nitrogens with one attached hydrogen (secondary N) is 1. The molecule has 4 rings (SSSR count). The van der Waals surface area contributed by atoms with Crippen LogP contribution in [0, 0.1) is 0 Å². The highest BCUT2D eigenvalue weighted by atomic mass is 16.2. The third-order valence-electron chi connectivity index (χ3n) is 5.13. The van der Waals surface area contributed by atoms with Gasteiger partial charge >= 0.3 is 0 Å². The molecule has 0 radical (unpaired) electrons. The van der Waals surface area contributed by atoms with E-state index in [0.717, 1.165) is 24.5 Å². The predicted molar refractivity (Wildman–Crippen MR) is 117 cm³/mol. The van der Waals surface area contributed by atoms with Gasteiger partial charge in [0.25, 0.3) is 5.91 Å². The van der Waals surface area contributed by atoms with Crippen molar-refractivity contribution >= 4 is 28.8 Å². The molecule has 2 aromatic carbocycles. The van der Waals surface area contributed by atoms with Gasteiger partial charge in [0.05, 0.1) is 0 Å². The summed E-state index contributed by atoms with van der Waals surface area (Å²) in [7, 11) is 0. The summed E-state index contributed by atoms with van der Waals surface area (Å²) < 4.78 is 0. The Morgan fingerprint density at radius 1 is 1.03 bits per heavy atom. The monoisotopic (exact) mass is 387 g/mol. The number of carbonyl (C=O) groups excluding carboxylic acids is 1. The molecular formula is C23H25N5O. The van der Waals surface area contributed by atoms with Gasteiger partial charge in [-0.2, -0.15) is 0 Å². The van der Waals surface area contributed by atoms with E-state index in [4.69, 9.17) is 0 Å². The van der Waals surface area contributed by atoms with E-state index in [9.17, 15) is 4.79 Å². The van der Waals surface area contributed by atoms with Crippen molar-refractivity contribution in [2.24, 2.45) is 0 Å². The molecule has 0 bridgehead atoms. The van der Waals surface area contributed by atoms with Crippen LogP contribution in [0.3, 0.4) is 0 Å². The van der Waals surface area contributed by atoms with Crippen molar-refractivity contribution in [2.45, 2.75) is 19.8 Å². The van der Waals surface area contributed by atoms with Gasteiger partial charge in [0.1, 0.15) is 17.8 Å². The summed E-state index contributed by atoms with van der Waals surface area (Å²) >= 11 is 0. The molecule has 6 nitrogen and oxygen atoms in total. The lowest BCUT2D eigenvalue weighted by atomic mass is 10.2. The maximum absolute atomic E-state index is 13.0. The van der Waals surface area contributed by atoms with E-state index >= 15 is 0 Å². The zero-order valence-corrected chi connectivity index (χ0v) is 16.6. The lowest BCUT2D eigenvalue weighted by molar-refractivity contribution is 0.0983. The summed E-state index contributed by atoms with van der Waals surface area (Å²) in [6, 6.07) is 19.6. The molecule has 0 aliphatic carbocycles. The first-order valence-corrected chi connectivity index (χ1v) is 10.1. The number of rotatable bonds is 6. The van der Waals surface area contributed by atoms with E-state index in [1.54, 1.807) is 11.0 Å². The molecule has 29 heavy (non-hydrogen) atoms. The van der Waals surface area contributed by atoms with Crippen molar-refractivity contribution in [3.05, 3.63) is 72.7 Å². The molecule has 0 spiro atoms. The average Bonchev–Trinajstić information content (AvgIpc) is 3.31. The van der Waals surface area contributed by atoms with Crippen molar-refractivity contribution < 1.29 is 4.79 Å². The van der Waals surface area contributed by atoms with Crippen molar-refractivity contribution in [1.29, 1.82) is 0 Å². The van der Waals surface area contributed by atoms with E-state index in [1.165, 1.54) is 24.9 Å². The minimum atomic E-state index is -0.145. The van der Waals surface area contributed by atoms with Gasteiger partial charge in [-0.15, -0.1) is 0 Å². The zero-order chi connectivity index (χ0) is 20.1. The van der Waals surface area contributed by atoms with Gasteiger partial charge in [0.15, 0.2) is 0 Å². The summed E-state index contributed by atoms with van der Waals surface area (Å²) in [5.41, 5.74) is 3.39. The summed E-state index contributed by atoms with van der Waals surface area (Å²) in [6.45, 7) is 4.76. The second-order valence-corrected chi connectivity index (χ2v) is 7.04. The summed E-state index contributed by atoms with van der Waals surface area (Å²) in [5.74, 6) is 0.454. The molecule has 1 aliphatic heterocycles. The largest absolute Gasteiger partial charge is 0.372 e. The number of benzene rings is 2. The predicted octanol–water partition coefficient (Wildman–Crippen LogP) is 4.49. The van der Waals surface area contributed by atoms with E-state index in [0.29, 0.717) is 18.1 Å². The Hall–Kier alpha value is -3.41. The Balaban J connectivity index is 1.49. The van der Waals surface area contributed by atoms with Crippen LogP contribution in [0.25, 0.3) is 0 Å². The second kappa shape index (κ2) is 8.73. The first kappa shape index (κ1) is 18.9. The van der Waals surface area contributed by atoms with Gasteiger partial charge in [-0.1, -0.05) is 18.2 Å². The molecule has 0 saturated carbocycles. The maximum atomic E-state index is 13.0. The quantitative estimate of drug-likeness (QED) is 0.675. The third-order valence-corrected chi connectivity index (χ3v) is 5.13. The minimum absolute atomic E-state index is 0.145. The number of para-hydroxylation sites is 1. The van der Waals surface area contributed by atoms with Crippen LogP contribution in [0.1, 0.15) is 30.3 Å². The lowest BCUT2D eigenvalue weighted by Crippen LogP contribution is -2.31. The van der Waals surface area contributed by atoms with Crippen LogP contribution < -0.4 is 15.1 Å². The Bertz CT molecular complexity index is 953. The molecule has 0 atom stereocenters. The van der Waals surface area contributed by atoms with Crippen LogP contribution >= 0.6 is 0 Å². The molecule has 6 heteroatoms. The van der Waals surface area contributed by atoms with Crippen LogP contribution in [0.5, 0.6) is 0 Å². The Morgan fingerprint density at radius 3 is 2.45 bits per heavy atom. The zero-order valence-electron chi connectivity index (χ0n) is 16.6. The molecule has 1 fully saturated rings. The minimum Gasteiger partial charge on any atom is -0.372 e. The number of aromatic nitrogens is 2. The number of amides is 1. The maximum Gasteiger partial charge on any atom is 0.277 e. The SMILES string of the molecule is CCN(C(=O)c1cc(Nc2ccc(N3CCCC3)cc2)ncn1)c1ccccc1. The second-order valence-electron chi connectivity index (χ2n) is 7.04. The first-order chi connectivity index (χ1) is 14.2. The summed E-state index contributed by atoms with van der Waals surface area (Å²) in [5, 5.41) is 3.27. The van der Waals surface area contributed by atoms with Gasteiger partial charge in [-0.25, -0.2) is 9.97 Å². The first-order valence-electron chi connectivity index (χ1n) is 10.1. The fourth-order valence-corrected chi connectivity index (χ4v) is 3.61. The van der Waals surface area contributed by atoms with Crippen LogP contribution in [0.2, 0.25) is 0 Å². The normalized spacial score (nSPS) is 13.3. The summed E-state index contributed by atoms with van der Waals surface area (Å²) in [4.78, 5) is 25.5. The van der Waals surface area contributed by atoms with Gasteiger partial charge in [0.2, 0.25) is 0 Å². The number of anilines is 4. The highest BCUT2D eigenvalue weighted by molar-refractivity contribution is 6.05. The topological polar surface area (TPSA) is 61.4 Å². The molecule has 1 N–H and O–H groups in total. The molecule has 148 valence electrons. The summed E-state index contributed by atoms with van der Waals surface area (Å²) in [6.07, 6.45) is 3.94. The van der Waals surface area contributed by atoms with Gasteiger partial charge < -0.3 is 15.1 Å². The third kappa shape index (κ3) is 4.37. The van der Waals surface area contributed by atoms with Gasteiger partial charge in [-0.05, 0) is 56.2 Å². The Morgan fingerprint density at radius 2 is 1.76 bits per heavy atom. The molecule has 2 heterocycles. The van der Waals surface area contributed by atoms with Crippen molar-refractivity contribution in [2.75, 3.05) is 34.8 Å². The van der Waals surface area contributed by atoms with Crippen LogP contribution in [0.4, 0.5) is 22.9 Å². The van der Waals surface area contributed by atoms with E-state index in [-0.39, 0.29) is 5.91 Å². The smallest absolute Gasteiger partial charge is 0.277 e. The molecular weight excluding hydrogens is 362 g/mol. The number of carbonyl (C=O) groups is 1. The fourth-order valence-electron chi connectivity index (χ4n) is 3.61. The molecule has 1 amide bonds. The van der Waals surface area contributed by atoms with Gasteiger partial charge in [-0.3, -0.25) is 4.79 Å². The van der Waals surface area contributed by atoms with Crippen LogP contribution in [-0.2, 0) is 0 Å². The average molecular weight is 387 g/mol. The molecule has 1 saturated heterocycles. The number of hydrogen-bond donors (Lipinski definition) is 1. The van der Waals surface area contributed by atoms with E-state index < -0.39 is 0 Å². The highest BCUT2D eigenvalue weighted by Crippen LogP contribution is 2.24. The fraction of sp³-hybridized carbons (Fsp3) is 0.261. The molecule has 1 aromatic heterocycles. The van der Waals surface area contributed by atoms with Crippen molar-refractivity contribution in [3.8, 4) is 0 Å². The number of hydrogen-bond acceptors (Lipinski definition) is 5.